The summed E-state index contributed by atoms with van der Waals surface area (Å²) in [7, 11) is 1.19. The standard InChI is InChI=1S/C13H9N3O3/c1-19-13(18)9-6-11(8-2-4-15-5-3-8)16-12(17)10(9)7-14/h2-6H,1H3,(H,16,17). The molecule has 0 fully saturated rings. The predicted molar refractivity (Wildman–Crippen MR) is 66.3 cm³/mol. The zero-order valence-corrected chi connectivity index (χ0v) is 10.0. The minimum atomic E-state index is -0.724. The Labute approximate surface area is 108 Å². The number of aromatic amines is 1. The maximum Gasteiger partial charge on any atom is 0.339 e. The van der Waals surface area contributed by atoms with Crippen molar-refractivity contribution >= 4 is 5.97 Å². The Bertz CT molecular complexity index is 714. The van der Waals surface area contributed by atoms with Crippen LogP contribution in [-0.4, -0.2) is 23.0 Å². The van der Waals surface area contributed by atoms with Crippen LogP contribution in [0.2, 0.25) is 0 Å². The summed E-state index contributed by atoms with van der Waals surface area (Å²) < 4.78 is 4.57. The van der Waals surface area contributed by atoms with Crippen molar-refractivity contribution < 1.29 is 9.53 Å². The van der Waals surface area contributed by atoms with Crippen molar-refractivity contribution in [2.75, 3.05) is 7.11 Å². The van der Waals surface area contributed by atoms with Gasteiger partial charge in [0.05, 0.1) is 12.7 Å². The number of hydrogen-bond acceptors (Lipinski definition) is 5. The SMILES string of the molecule is COC(=O)c1cc(-c2ccncc2)[nH]c(=O)c1C#N. The summed E-state index contributed by atoms with van der Waals surface area (Å²) in [5.74, 6) is -0.724. The topological polar surface area (TPSA) is 95.8 Å². The number of hydrogen-bond donors (Lipinski definition) is 1. The van der Waals surface area contributed by atoms with Gasteiger partial charge in [0.25, 0.3) is 5.56 Å². The molecule has 2 heterocycles. The fourth-order valence-electron chi connectivity index (χ4n) is 1.63. The molecule has 0 saturated carbocycles. The van der Waals surface area contributed by atoms with Crippen molar-refractivity contribution in [2.45, 2.75) is 0 Å². The highest BCUT2D eigenvalue weighted by Gasteiger charge is 2.17. The van der Waals surface area contributed by atoms with E-state index in [0.717, 1.165) is 0 Å². The molecule has 0 unspecified atom stereocenters. The van der Waals surface area contributed by atoms with Crippen LogP contribution in [0.25, 0.3) is 11.3 Å². The zero-order chi connectivity index (χ0) is 13.8. The Morgan fingerprint density at radius 3 is 2.68 bits per heavy atom. The van der Waals surface area contributed by atoms with Gasteiger partial charge in [-0.25, -0.2) is 4.79 Å². The Morgan fingerprint density at radius 2 is 2.11 bits per heavy atom. The van der Waals surface area contributed by atoms with Crippen molar-refractivity contribution in [1.29, 1.82) is 5.26 Å². The van der Waals surface area contributed by atoms with E-state index >= 15 is 0 Å². The van der Waals surface area contributed by atoms with Crippen LogP contribution in [-0.2, 0) is 4.74 Å². The monoisotopic (exact) mass is 255 g/mol. The lowest BCUT2D eigenvalue weighted by atomic mass is 10.1. The maximum atomic E-state index is 11.8. The first kappa shape index (κ1) is 12.5. The Kier molecular flexibility index (Phi) is 3.39. The molecule has 0 aliphatic heterocycles. The number of methoxy groups -OCH3 is 1. The second-order valence-electron chi connectivity index (χ2n) is 3.64. The van der Waals surface area contributed by atoms with Gasteiger partial charge in [-0.15, -0.1) is 0 Å². The molecule has 0 amide bonds. The Hall–Kier alpha value is -2.94. The number of nitriles is 1. The number of esters is 1. The number of nitrogens with zero attached hydrogens (tertiary/aromatic N) is 2. The smallest absolute Gasteiger partial charge is 0.339 e. The summed E-state index contributed by atoms with van der Waals surface area (Å²) in [6.07, 6.45) is 3.12. The summed E-state index contributed by atoms with van der Waals surface area (Å²) >= 11 is 0. The fraction of sp³-hybridized carbons (Fsp3) is 0.0769. The van der Waals surface area contributed by atoms with Crippen molar-refractivity contribution in [3.63, 3.8) is 0 Å². The number of aromatic nitrogens is 2. The quantitative estimate of drug-likeness (QED) is 0.810. The molecule has 0 bridgehead atoms. The van der Waals surface area contributed by atoms with E-state index < -0.39 is 11.5 Å². The molecule has 6 nitrogen and oxygen atoms in total. The van der Waals surface area contributed by atoms with Crippen LogP contribution in [0.3, 0.4) is 0 Å². The zero-order valence-electron chi connectivity index (χ0n) is 10.0. The average molecular weight is 255 g/mol. The third-order valence-electron chi connectivity index (χ3n) is 2.54. The number of ether oxygens (including phenoxy) is 1. The van der Waals surface area contributed by atoms with Crippen molar-refractivity contribution in [3.8, 4) is 17.3 Å². The van der Waals surface area contributed by atoms with Gasteiger partial charge in [0.2, 0.25) is 0 Å². The molecule has 0 aliphatic rings. The largest absolute Gasteiger partial charge is 0.465 e. The summed E-state index contributed by atoms with van der Waals surface area (Å²) in [6, 6.07) is 6.48. The van der Waals surface area contributed by atoms with E-state index in [1.807, 2.05) is 0 Å². The van der Waals surface area contributed by atoms with Gasteiger partial charge in [0.15, 0.2) is 0 Å². The van der Waals surface area contributed by atoms with Crippen LogP contribution in [0.4, 0.5) is 0 Å². The summed E-state index contributed by atoms with van der Waals surface area (Å²) in [5.41, 5.74) is 0.163. The van der Waals surface area contributed by atoms with E-state index in [1.165, 1.54) is 13.2 Å². The molecule has 2 aromatic heterocycles. The molecule has 2 aromatic rings. The van der Waals surface area contributed by atoms with Gasteiger partial charge < -0.3 is 9.72 Å². The molecule has 1 N–H and O–H groups in total. The normalized spacial score (nSPS) is 9.68. The lowest BCUT2D eigenvalue weighted by Crippen LogP contribution is -2.17. The number of rotatable bonds is 2. The minimum absolute atomic E-state index is 0.0550. The molecular formula is C13H9N3O3. The molecule has 19 heavy (non-hydrogen) atoms. The van der Waals surface area contributed by atoms with Crippen LogP contribution >= 0.6 is 0 Å². The molecule has 0 aliphatic carbocycles. The summed E-state index contributed by atoms with van der Waals surface area (Å²) in [5, 5.41) is 8.92. The molecule has 0 aromatic carbocycles. The number of nitrogens with one attached hydrogen (secondary N) is 1. The van der Waals surface area contributed by atoms with Gasteiger partial charge in [-0.3, -0.25) is 9.78 Å². The van der Waals surface area contributed by atoms with E-state index in [1.54, 1.807) is 30.6 Å². The van der Waals surface area contributed by atoms with Crippen LogP contribution < -0.4 is 5.56 Å². The highest BCUT2D eigenvalue weighted by atomic mass is 16.5. The van der Waals surface area contributed by atoms with Gasteiger partial charge in [-0.2, -0.15) is 5.26 Å². The predicted octanol–water partition coefficient (Wildman–Crippen LogP) is 1.10. The van der Waals surface area contributed by atoms with E-state index in [0.29, 0.717) is 11.3 Å². The maximum absolute atomic E-state index is 11.8. The first-order chi connectivity index (χ1) is 9.17. The van der Waals surface area contributed by atoms with E-state index in [-0.39, 0.29) is 11.1 Å². The second-order valence-corrected chi connectivity index (χ2v) is 3.64. The molecule has 6 heteroatoms. The van der Waals surface area contributed by atoms with E-state index in [9.17, 15) is 9.59 Å². The highest BCUT2D eigenvalue weighted by molar-refractivity contribution is 5.93. The van der Waals surface area contributed by atoms with Crippen LogP contribution in [0, 0.1) is 11.3 Å². The fourth-order valence-corrected chi connectivity index (χ4v) is 1.63. The number of H-pyrrole nitrogens is 1. The summed E-state index contributed by atoms with van der Waals surface area (Å²) in [6.45, 7) is 0. The summed E-state index contributed by atoms with van der Waals surface area (Å²) in [4.78, 5) is 29.8. The van der Waals surface area contributed by atoms with E-state index in [4.69, 9.17) is 5.26 Å². The van der Waals surface area contributed by atoms with Gasteiger partial charge in [-0.05, 0) is 18.2 Å². The number of carbonyl (C=O) groups is 1. The second kappa shape index (κ2) is 5.14. The van der Waals surface area contributed by atoms with Gasteiger partial charge in [-0.1, -0.05) is 0 Å². The number of pyridine rings is 2. The van der Waals surface area contributed by atoms with Gasteiger partial charge in [0.1, 0.15) is 11.6 Å². The molecule has 0 spiro atoms. The average Bonchev–Trinajstić information content (AvgIpc) is 2.46. The van der Waals surface area contributed by atoms with Crippen LogP contribution in [0.1, 0.15) is 15.9 Å². The van der Waals surface area contributed by atoms with Crippen molar-refractivity contribution in [2.24, 2.45) is 0 Å². The highest BCUT2D eigenvalue weighted by Crippen LogP contribution is 2.17. The molecule has 94 valence electrons. The molecular weight excluding hydrogens is 246 g/mol. The third-order valence-corrected chi connectivity index (χ3v) is 2.54. The first-order valence-corrected chi connectivity index (χ1v) is 5.33. The van der Waals surface area contributed by atoms with Crippen LogP contribution in [0.5, 0.6) is 0 Å². The molecule has 0 saturated heterocycles. The Morgan fingerprint density at radius 1 is 1.42 bits per heavy atom. The van der Waals surface area contributed by atoms with Crippen LogP contribution in [0.15, 0.2) is 35.4 Å². The lowest BCUT2D eigenvalue weighted by molar-refractivity contribution is 0.0600. The van der Waals surface area contributed by atoms with Crippen molar-refractivity contribution in [1.82, 2.24) is 9.97 Å². The third kappa shape index (κ3) is 2.35. The Balaban J connectivity index is 2.68. The number of carbonyl (C=O) groups excluding carboxylic acids is 1. The van der Waals surface area contributed by atoms with Gasteiger partial charge >= 0.3 is 5.97 Å². The molecule has 0 radical (unpaired) electrons. The van der Waals surface area contributed by atoms with E-state index in [2.05, 4.69) is 14.7 Å². The van der Waals surface area contributed by atoms with Crippen molar-refractivity contribution in [3.05, 3.63) is 52.1 Å². The minimum Gasteiger partial charge on any atom is -0.465 e. The molecule has 0 atom stereocenters. The first-order valence-electron chi connectivity index (χ1n) is 5.33. The lowest BCUT2D eigenvalue weighted by Gasteiger charge is -2.05. The van der Waals surface area contributed by atoms with Gasteiger partial charge in [0, 0.05) is 23.7 Å². The molecule has 2 rings (SSSR count).